The van der Waals surface area contributed by atoms with E-state index >= 15 is 0 Å². The zero-order valence-corrected chi connectivity index (χ0v) is 16.5. The largest absolute Gasteiger partial charge is 0.493 e. The third-order valence-electron chi connectivity index (χ3n) is 4.31. The van der Waals surface area contributed by atoms with Crippen LogP contribution in [-0.2, 0) is 11.3 Å². The number of carboxylic acid groups (broad SMARTS) is 1. The quantitative estimate of drug-likeness (QED) is 0.599. The zero-order valence-electron chi connectivity index (χ0n) is 16.5. The summed E-state index contributed by atoms with van der Waals surface area (Å²) in [6.07, 6.45) is 0. The average molecular weight is 413 g/mol. The molecule has 10 heteroatoms. The first kappa shape index (κ1) is 20.6. The van der Waals surface area contributed by atoms with Gasteiger partial charge in [0.2, 0.25) is 11.7 Å². The van der Waals surface area contributed by atoms with E-state index in [4.69, 9.17) is 14.2 Å². The molecule has 3 aromatic rings. The van der Waals surface area contributed by atoms with E-state index in [1.807, 2.05) is 0 Å². The van der Waals surface area contributed by atoms with Crippen molar-refractivity contribution in [1.29, 1.82) is 0 Å². The molecule has 0 saturated heterocycles. The number of aromatic carboxylic acids is 1. The third-order valence-corrected chi connectivity index (χ3v) is 4.31. The SMILES string of the molecule is COc1cc(NC(=O)Cn2nc(C(=O)O)c3ccccc3c2=O)cc(OC)c1OC. The van der Waals surface area contributed by atoms with Gasteiger partial charge in [0, 0.05) is 23.2 Å². The summed E-state index contributed by atoms with van der Waals surface area (Å²) >= 11 is 0. The van der Waals surface area contributed by atoms with Crippen LogP contribution in [0.3, 0.4) is 0 Å². The molecule has 0 fully saturated rings. The highest BCUT2D eigenvalue weighted by molar-refractivity contribution is 6.01. The normalized spacial score (nSPS) is 10.5. The summed E-state index contributed by atoms with van der Waals surface area (Å²) in [7, 11) is 4.33. The fourth-order valence-electron chi connectivity index (χ4n) is 2.99. The molecule has 1 aromatic heterocycles. The van der Waals surface area contributed by atoms with E-state index < -0.39 is 24.0 Å². The number of nitrogens with one attached hydrogen (secondary N) is 1. The van der Waals surface area contributed by atoms with E-state index in [0.717, 1.165) is 4.68 Å². The number of ether oxygens (including phenoxy) is 3. The smallest absolute Gasteiger partial charge is 0.357 e. The lowest BCUT2D eigenvalue weighted by molar-refractivity contribution is -0.117. The Morgan fingerprint density at radius 2 is 1.63 bits per heavy atom. The minimum Gasteiger partial charge on any atom is -0.493 e. The fraction of sp³-hybridized carbons (Fsp3) is 0.200. The van der Waals surface area contributed by atoms with E-state index in [2.05, 4.69) is 10.4 Å². The number of benzene rings is 2. The number of carbonyl (C=O) groups excluding carboxylic acids is 1. The summed E-state index contributed by atoms with van der Waals surface area (Å²) in [5.74, 6) is -0.866. The van der Waals surface area contributed by atoms with Crippen molar-refractivity contribution in [3.05, 3.63) is 52.4 Å². The van der Waals surface area contributed by atoms with Crippen LogP contribution < -0.4 is 25.1 Å². The molecule has 0 saturated carbocycles. The molecule has 0 radical (unpaired) electrons. The zero-order chi connectivity index (χ0) is 21.8. The minimum atomic E-state index is -1.30. The van der Waals surface area contributed by atoms with Crippen molar-refractivity contribution >= 4 is 28.3 Å². The first-order valence-electron chi connectivity index (χ1n) is 8.72. The van der Waals surface area contributed by atoms with Crippen LogP contribution in [-0.4, -0.2) is 48.1 Å². The molecule has 0 spiro atoms. The molecule has 0 atom stereocenters. The number of fused-ring (bicyclic) bond motifs is 1. The van der Waals surface area contributed by atoms with Crippen LogP contribution in [0.25, 0.3) is 10.8 Å². The molecule has 3 rings (SSSR count). The molecule has 2 N–H and O–H groups in total. The van der Waals surface area contributed by atoms with Crippen LogP contribution in [0, 0.1) is 0 Å². The number of hydrogen-bond acceptors (Lipinski definition) is 7. The van der Waals surface area contributed by atoms with Crippen molar-refractivity contribution in [3.8, 4) is 17.2 Å². The number of rotatable bonds is 7. The Balaban J connectivity index is 1.94. The number of methoxy groups -OCH3 is 3. The Labute approximate surface area is 170 Å². The summed E-state index contributed by atoms with van der Waals surface area (Å²) in [6, 6.07) is 9.25. The Hall–Kier alpha value is -4.08. The van der Waals surface area contributed by atoms with Crippen molar-refractivity contribution in [3.63, 3.8) is 0 Å². The lowest BCUT2D eigenvalue weighted by Gasteiger charge is -2.15. The van der Waals surface area contributed by atoms with Crippen molar-refractivity contribution < 1.29 is 28.9 Å². The predicted octanol–water partition coefficient (Wildman–Crippen LogP) is 1.76. The van der Waals surface area contributed by atoms with Gasteiger partial charge in [-0.1, -0.05) is 18.2 Å². The molecule has 156 valence electrons. The van der Waals surface area contributed by atoms with Crippen LogP contribution in [0.2, 0.25) is 0 Å². The second kappa shape index (κ2) is 8.52. The third kappa shape index (κ3) is 3.88. The van der Waals surface area contributed by atoms with E-state index in [1.54, 1.807) is 12.1 Å². The van der Waals surface area contributed by atoms with E-state index in [-0.39, 0.29) is 16.5 Å². The van der Waals surface area contributed by atoms with Crippen molar-refractivity contribution in [2.45, 2.75) is 6.54 Å². The van der Waals surface area contributed by atoms with Crippen LogP contribution in [0.4, 0.5) is 5.69 Å². The number of hydrogen-bond donors (Lipinski definition) is 2. The Kier molecular flexibility index (Phi) is 5.86. The highest BCUT2D eigenvalue weighted by atomic mass is 16.5. The highest BCUT2D eigenvalue weighted by Gasteiger charge is 2.18. The molecule has 1 heterocycles. The number of anilines is 1. The van der Waals surface area contributed by atoms with Gasteiger partial charge in [0.05, 0.1) is 26.7 Å². The predicted molar refractivity (Wildman–Crippen MR) is 108 cm³/mol. The number of amides is 1. The fourth-order valence-corrected chi connectivity index (χ4v) is 2.99. The molecule has 0 aliphatic carbocycles. The molecular formula is C20H19N3O7. The van der Waals surface area contributed by atoms with Gasteiger partial charge in [-0.3, -0.25) is 9.59 Å². The highest BCUT2D eigenvalue weighted by Crippen LogP contribution is 2.39. The summed E-state index contributed by atoms with van der Waals surface area (Å²) in [5.41, 5.74) is -0.553. The van der Waals surface area contributed by atoms with Crippen molar-refractivity contribution in [2.24, 2.45) is 0 Å². The molecule has 0 aliphatic heterocycles. The number of aromatic nitrogens is 2. The van der Waals surface area contributed by atoms with Crippen LogP contribution in [0.5, 0.6) is 17.2 Å². The number of carboxylic acids is 1. The summed E-state index contributed by atoms with van der Waals surface area (Å²) in [4.78, 5) is 36.7. The second-order valence-electron chi connectivity index (χ2n) is 6.12. The van der Waals surface area contributed by atoms with Crippen molar-refractivity contribution in [1.82, 2.24) is 9.78 Å². The lowest BCUT2D eigenvalue weighted by Crippen LogP contribution is -2.31. The van der Waals surface area contributed by atoms with E-state index in [9.17, 15) is 19.5 Å². The van der Waals surface area contributed by atoms with Gasteiger partial charge in [0.15, 0.2) is 17.2 Å². The van der Waals surface area contributed by atoms with Crippen LogP contribution >= 0.6 is 0 Å². The molecule has 2 aromatic carbocycles. The molecular weight excluding hydrogens is 394 g/mol. The summed E-state index contributed by atoms with van der Waals surface area (Å²) in [6.45, 7) is -0.486. The van der Waals surface area contributed by atoms with Gasteiger partial charge in [0.1, 0.15) is 6.54 Å². The monoisotopic (exact) mass is 413 g/mol. The van der Waals surface area contributed by atoms with Crippen molar-refractivity contribution in [2.75, 3.05) is 26.6 Å². The van der Waals surface area contributed by atoms with Gasteiger partial charge in [0.25, 0.3) is 5.56 Å². The molecule has 0 bridgehead atoms. The van der Waals surface area contributed by atoms with Gasteiger partial charge in [-0.2, -0.15) is 5.10 Å². The standard InChI is InChI=1S/C20H19N3O7/c1-28-14-8-11(9-15(29-2)18(14)30-3)21-16(24)10-23-19(25)13-7-5-4-6-12(13)17(22-23)20(26)27/h4-9H,10H2,1-3H3,(H,21,24)(H,26,27). The van der Waals surface area contributed by atoms with Gasteiger partial charge >= 0.3 is 5.97 Å². The second-order valence-corrected chi connectivity index (χ2v) is 6.12. The maximum Gasteiger partial charge on any atom is 0.357 e. The number of carbonyl (C=O) groups is 2. The summed E-state index contributed by atoms with van der Waals surface area (Å²) < 4.78 is 16.5. The molecule has 0 unspecified atom stereocenters. The first-order valence-corrected chi connectivity index (χ1v) is 8.72. The molecule has 1 amide bonds. The Bertz CT molecular complexity index is 1160. The topological polar surface area (TPSA) is 129 Å². The summed E-state index contributed by atoms with van der Waals surface area (Å²) in [5, 5.41) is 16.2. The average Bonchev–Trinajstić information content (AvgIpc) is 2.74. The minimum absolute atomic E-state index is 0.158. The first-order chi connectivity index (χ1) is 14.4. The van der Waals surface area contributed by atoms with Crippen LogP contribution in [0.15, 0.2) is 41.2 Å². The Morgan fingerprint density at radius 3 is 2.17 bits per heavy atom. The maximum atomic E-state index is 12.6. The lowest BCUT2D eigenvalue weighted by atomic mass is 10.1. The Morgan fingerprint density at radius 1 is 1.03 bits per heavy atom. The maximum absolute atomic E-state index is 12.6. The van der Waals surface area contributed by atoms with Gasteiger partial charge in [-0.25, -0.2) is 9.48 Å². The van der Waals surface area contributed by atoms with E-state index in [1.165, 1.54) is 45.6 Å². The molecule has 0 aliphatic rings. The van der Waals surface area contributed by atoms with Gasteiger partial charge in [-0.15, -0.1) is 0 Å². The molecule has 10 nitrogen and oxygen atoms in total. The van der Waals surface area contributed by atoms with Gasteiger partial charge < -0.3 is 24.6 Å². The van der Waals surface area contributed by atoms with E-state index in [0.29, 0.717) is 22.9 Å². The van der Waals surface area contributed by atoms with Crippen LogP contribution in [0.1, 0.15) is 10.5 Å². The van der Waals surface area contributed by atoms with Gasteiger partial charge in [-0.05, 0) is 6.07 Å². The number of nitrogens with zero attached hydrogens (tertiary/aromatic N) is 2. The molecule has 30 heavy (non-hydrogen) atoms.